The zero-order valence-electron chi connectivity index (χ0n) is 11.7. The van der Waals surface area contributed by atoms with E-state index >= 15 is 0 Å². The van der Waals surface area contributed by atoms with Gasteiger partial charge in [0, 0.05) is 24.2 Å². The molecule has 1 heterocycles. The summed E-state index contributed by atoms with van der Waals surface area (Å²) in [6, 6.07) is 0.371. The average molecular weight is 268 g/mol. The van der Waals surface area contributed by atoms with Gasteiger partial charge in [-0.3, -0.25) is 0 Å². The molecule has 1 atom stereocenters. The molecule has 0 amide bonds. The monoisotopic (exact) mass is 268 g/mol. The van der Waals surface area contributed by atoms with Crippen molar-refractivity contribution in [3.05, 3.63) is 16.1 Å². The van der Waals surface area contributed by atoms with Crippen molar-refractivity contribution in [3.8, 4) is 0 Å². The molecule has 1 aromatic heterocycles. The lowest BCUT2D eigenvalue weighted by Crippen LogP contribution is -2.27. The molecular weight excluding hydrogens is 244 g/mol. The van der Waals surface area contributed by atoms with Gasteiger partial charge in [-0.25, -0.2) is 4.98 Å². The van der Waals surface area contributed by atoms with Gasteiger partial charge in [-0.1, -0.05) is 25.7 Å². The van der Waals surface area contributed by atoms with E-state index in [0.29, 0.717) is 6.04 Å². The van der Waals surface area contributed by atoms with E-state index in [9.17, 15) is 0 Å². The predicted molar refractivity (Wildman–Crippen MR) is 76.0 cm³/mol. The van der Waals surface area contributed by atoms with E-state index in [1.165, 1.54) is 35.6 Å². The molecule has 0 radical (unpaired) electrons. The van der Waals surface area contributed by atoms with Crippen LogP contribution in [0.5, 0.6) is 0 Å². The molecule has 0 aromatic carbocycles. The van der Waals surface area contributed by atoms with Crippen LogP contribution < -0.4 is 5.32 Å². The molecule has 1 unspecified atom stereocenters. The van der Waals surface area contributed by atoms with Gasteiger partial charge in [0.2, 0.25) is 0 Å². The molecule has 2 rings (SSSR count). The van der Waals surface area contributed by atoms with Crippen LogP contribution in [-0.2, 0) is 10.3 Å². The SMILES string of the molecule is CNC(C)c1cnc(C2(OC)CCCCCC2)s1. The number of methoxy groups -OCH3 is 1. The third-order valence-corrected chi connectivity index (χ3v) is 5.44. The van der Waals surface area contributed by atoms with Crippen molar-refractivity contribution in [1.82, 2.24) is 10.3 Å². The number of thiazole rings is 1. The molecule has 102 valence electrons. The van der Waals surface area contributed by atoms with Gasteiger partial charge in [-0.15, -0.1) is 11.3 Å². The molecule has 1 aliphatic carbocycles. The lowest BCUT2D eigenvalue weighted by atomic mass is 9.95. The Bertz CT molecular complexity index is 370. The molecule has 1 aromatic rings. The Hall–Kier alpha value is -0.450. The molecule has 0 aliphatic heterocycles. The molecule has 1 aliphatic rings. The summed E-state index contributed by atoms with van der Waals surface area (Å²) in [6.45, 7) is 2.17. The highest BCUT2D eigenvalue weighted by atomic mass is 32.1. The molecule has 3 nitrogen and oxygen atoms in total. The Balaban J connectivity index is 2.23. The fourth-order valence-electron chi connectivity index (χ4n) is 2.64. The third-order valence-electron chi connectivity index (χ3n) is 4.08. The van der Waals surface area contributed by atoms with Crippen LogP contribution in [0.2, 0.25) is 0 Å². The third kappa shape index (κ3) is 2.76. The van der Waals surface area contributed by atoms with E-state index in [1.54, 1.807) is 11.3 Å². The second kappa shape index (κ2) is 6.13. The van der Waals surface area contributed by atoms with Gasteiger partial charge in [0.15, 0.2) is 0 Å². The summed E-state index contributed by atoms with van der Waals surface area (Å²) < 4.78 is 5.90. The Morgan fingerprint density at radius 3 is 2.56 bits per heavy atom. The van der Waals surface area contributed by atoms with Gasteiger partial charge in [0.05, 0.1) is 0 Å². The van der Waals surface area contributed by atoms with Crippen LogP contribution in [0.3, 0.4) is 0 Å². The first-order chi connectivity index (χ1) is 8.72. The maximum Gasteiger partial charge on any atom is 0.125 e. The second-order valence-corrected chi connectivity index (χ2v) is 6.25. The van der Waals surface area contributed by atoms with Gasteiger partial charge in [-0.2, -0.15) is 0 Å². The zero-order chi connectivity index (χ0) is 13.0. The van der Waals surface area contributed by atoms with E-state index in [4.69, 9.17) is 4.74 Å². The minimum atomic E-state index is -0.118. The molecule has 0 saturated heterocycles. The van der Waals surface area contributed by atoms with E-state index in [-0.39, 0.29) is 5.60 Å². The number of rotatable bonds is 4. The van der Waals surface area contributed by atoms with E-state index in [0.717, 1.165) is 12.8 Å². The fraction of sp³-hybridized carbons (Fsp3) is 0.786. The second-order valence-electron chi connectivity index (χ2n) is 5.19. The van der Waals surface area contributed by atoms with Crippen LogP contribution >= 0.6 is 11.3 Å². The van der Waals surface area contributed by atoms with Gasteiger partial charge in [0.1, 0.15) is 10.6 Å². The van der Waals surface area contributed by atoms with Crippen LogP contribution in [0.25, 0.3) is 0 Å². The Morgan fingerprint density at radius 1 is 1.33 bits per heavy atom. The van der Waals surface area contributed by atoms with E-state index in [2.05, 4.69) is 17.2 Å². The van der Waals surface area contributed by atoms with Crippen molar-refractivity contribution < 1.29 is 4.74 Å². The van der Waals surface area contributed by atoms with Crippen LogP contribution in [0.1, 0.15) is 61.4 Å². The summed E-state index contributed by atoms with van der Waals surface area (Å²) in [5.41, 5.74) is -0.118. The van der Waals surface area contributed by atoms with Crippen molar-refractivity contribution in [1.29, 1.82) is 0 Å². The van der Waals surface area contributed by atoms with Gasteiger partial charge >= 0.3 is 0 Å². The highest BCUT2D eigenvalue weighted by Crippen LogP contribution is 2.41. The van der Waals surface area contributed by atoms with E-state index < -0.39 is 0 Å². The predicted octanol–water partition coefficient (Wildman–Crippen LogP) is 3.62. The Labute approximate surface area is 114 Å². The van der Waals surface area contributed by atoms with Gasteiger partial charge in [-0.05, 0) is 26.8 Å². The van der Waals surface area contributed by atoms with Crippen LogP contribution in [-0.4, -0.2) is 19.1 Å². The van der Waals surface area contributed by atoms with Crippen molar-refractivity contribution in [3.63, 3.8) is 0 Å². The topological polar surface area (TPSA) is 34.2 Å². The first-order valence-corrected chi connectivity index (χ1v) is 7.72. The van der Waals surface area contributed by atoms with E-state index in [1.807, 2.05) is 20.4 Å². The van der Waals surface area contributed by atoms with Gasteiger partial charge < -0.3 is 10.1 Å². The van der Waals surface area contributed by atoms with Gasteiger partial charge in [0.25, 0.3) is 0 Å². The minimum absolute atomic E-state index is 0.118. The van der Waals surface area contributed by atoms with Crippen LogP contribution in [0, 0.1) is 0 Å². The summed E-state index contributed by atoms with van der Waals surface area (Å²) in [6.07, 6.45) is 9.41. The van der Waals surface area contributed by atoms with Crippen LogP contribution in [0.4, 0.5) is 0 Å². The number of hydrogen-bond acceptors (Lipinski definition) is 4. The maximum atomic E-state index is 5.90. The summed E-state index contributed by atoms with van der Waals surface area (Å²) >= 11 is 1.81. The average Bonchev–Trinajstić information content (AvgIpc) is 2.78. The molecule has 1 fully saturated rings. The molecule has 1 N–H and O–H groups in total. The lowest BCUT2D eigenvalue weighted by Gasteiger charge is -2.29. The molecule has 1 saturated carbocycles. The highest BCUT2D eigenvalue weighted by molar-refractivity contribution is 7.11. The number of hydrogen-bond donors (Lipinski definition) is 1. The summed E-state index contributed by atoms with van der Waals surface area (Å²) in [7, 11) is 3.83. The standard InChI is InChI=1S/C14H24N2OS/c1-11(15-2)12-10-16-13(18-12)14(17-3)8-6-4-5-7-9-14/h10-11,15H,4-9H2,1-3H3. The zero-order valence-corrected chi connectivity index (χ0v) is 12.5. The van der Waals surface area contributed by atoms with Crippen molar-refractivity contribution in [2.45, 2.75) is 57.1 Å². The highest BCUT2D eigenvalue weighted by Gasteiger charge is 2.35. The molecular formula is C14H24N2OS. The lowest BCUT2D eigenvalue weighted by molar-refractivity contribution is -0.0279. The summed E-state index contributed by atoms with van der Waals surface area (Å²) in [5.74, 6) is 0. The normalized spacial score (nSPS) is 21.5. The fourth-order valence-corrected chi connectivity index (χ4v) is 3.85. The molecule has 0 bridgehead atoms. The smallest absolute Gasteiger partial charge is 0.125 e. The minimum Gasteiger partial charge on any atom is -0.371 e. The first kappa shape index (κ1) is 14.0. The summed E-state index contributed by atoms with van der Waals surface area (Å²) in [5, 5.41) is 4.44. The maximum absolute atomic E-state index is 5.90. The van der Waals surface area contributed by atoms with Crippen molar-refractivity contribution in [2.24, 2.45) is 0 Å². The Morgan fingerprint density at radius 2 is 2.00 bits per heavy atom. The Kier molecular flexibility index (Phi) is 4.76. The molecule has 18 heavy (non-hydrogen) atoms. The number of aromatic nitrogens is 1. The number of nitrogens with one attached hydrogen (secondary N) is 1. The number of nitrogens with zero attached hydrogens (tertiary/aromatic N) is 1. The summed E-state index contributed by atoms with van der Waals surface area (Å²) in [4.78, 5) is 5.95. The molecule has 4 heteroatoms. The quantitative estimate of drug-likeness (QED) is 0.847. The van der Waals surface area contributed by atoms with Crippen molar-refractivity contribution >= 4 is 11.3 Å². The largest absolute Gasteiger partial charge is 0.371 e. The first-order valence-electron chi connectivity index (χ1n) is 6.90. The van der Waals surface area contributed by atoms with Crippen molar-refractivity contribution in [2.75, 3.05) is 14.2 Å². The molecule has 0 spiro atoms. The number of ether oxygens (including phenoxy) is 1. The van der Waals surface area contributed by atoms with Crippen LogP contribution in [0.15, 0.2) is 6.20 Å².